The van der Waals surface area contributed by atoms with Crippen molar-refractivity contribution in [1.29, 1.82) is 0 Å². The van der Waals surface area contributed by atoms with Crippen molar-refractivity contribution in [3.05, 3.63) is 301 Å². The Labute approximate surface area is 435 Å². The maximum atomic E-state index is 7.22. The topological polar surface area (TPSA) is 28.9 Å². The van der Waals surface area contributed by atoms with E-state index in [1.165, 1.54) is 33.4 Å². The maximum Gasteiger partial charge on any atom is 0.143 e. The zero-order valence-electron chi connectivity index (χ0n) is 40.8. The minimum absolute atomic E-state index is 0.576. The van der Waals surface area contributed by atoms with Gasteiger partial charge in [0.25, 0.3) is 0 Å². The van der Waals surface area contributed by atoms with Crippen LogP contribution >= 0.6 is 0 Å². The molecule has 13 aromatic rings. The van der Waals surface area contributed by atoms with Gasteiger partial charge in [0.05, 0.1) is 11.1 Å². The molecule has 0 fully saturated rings. The van der Waals surface area contributed by atoms with E-state index >= 15 is 0 Å². The Kier molecular flexibility index (Phi) is 9.76. The van der Waals surface area contributed by atoms with Crippen molar-refractivity contribution in [1.82, 2.24) is 0 Å². The first-order valence-electron chi connectivity index (χ1n) is 25.6. The Morgan fingerprint density at radius 2 is 0.827 bits per heavy atom. The first-order chi connectivity index (χ1) is 37.2. The molecule has 0 spiro atoms. The Balaban J connectivity index is 0.924. The van der Waals surface area contributed by atoms with Crippen molar-refractivity contribution in [2.45, 2.75) is 5.41 Å². The summed E-state index contributed by atoms with van der Waals surface area (Å²) in [6.07, 6.45) is 0. The summed E-state index contributed by atoms with van der Waals surface area (Å²) in [4.78, 5) is 4.69. The van der Waals surface area contributed by atoms with Crippen molar-refractivity contribution in [2.24, 2.45) is 0 Å². The van der Waals surface area contributed by atoms with Crippen molar-refractivity contribution >= 4 is 66.8 Å². The lowest BCUT2D eigenvalue weighted by atomic mass is 9.67. The molecule has 0 saturated heterocycles. The van der Waals surface area contributed by atoms with Crippen LogP contribution in [0.25, 0.3) is 66.1 Å². The van der Waals surface area contributed by atoms with Crippen LogP contribution in [-0.4, -0.2) is 0 Å². The van der Waals surface area contributed by atoms with Crippen LogP contribution in [0, 0.1) is 0 Å². The highest BCUT2D eigenvalue weighted by molar-refractivity contribution is 6.10. The van der Waals surface area contributed by atoms with Gasteiger partial charge in [-0.25, -0.2) is 0 Å². The monoisotopic (exact) mass is 958 g/mol. The minimum Gasteiger partial charge on any atom is -0.456 e. The van der Waals surface area contributed by atoms with Gasteiger partial charge in [0.15, 0.2) is 0 Å². The number of para-hydroxylation sites is 4. The summed E-state index contributed by atoms with van der Waals surface area (Å²) >= 11 is 0. The van der Waals surface area contributed by atoms with Crippen LogP contribution in [0.5, 0.6) is 11.5 Å². The van der Waals surface area contributed by atoms with E-state index in [0.29, 0.717) is 0 Å². The average Bonchev–Trinajstić information content (AvgIpc) is 4.02. The van der Waals surface area contributed by atoms with E-state index in [1.807, 2.05) is 12.1 Å². The SMILES string of the molecule is c1ccc(N(c2ccccc2)c2ccc3c(c2)Oc2cc(N(c4ccc(-c5cccc6c5oc5ccccc56)cc4)c4ccc5c(c4)C(c4ccccc4)(c4ccccc4)c4ccccc4-5)cc4cccc-3c24)cc1. The highest BCUT2D eigenvalue weighted by Gasteiger charge is 2.46. The summed E-state index contributed by atoms with van der Waals surface area (Å²) in [6, 6.07) is 101. The summed E-state index contributed by atoms with van der Waals surface area (Å²) in [5, 5.41) is 4.42. The molecule has 0 amide bonds. The smallest absolute Gasteiger partial charge is 0.143 e. The van der Waals surface area contributed by atoms with Crippen LogP contribution in [0.1, 0.15) is 22.3 Å². The third-order valence-electron chi connectivity index (χ3n) is 15.5. The predicted octanol–water partition coefficient (Wildman–Crippen LogP) is 19.5. The number of nitrogens with zero attached hydrogens (tertiary/aromatic N) is 2. The predicted molar refractivity (Wildman–Crippen MR) is 309 cm³/mol. The van der Waals surface area contributed by atoms with Crippen LogP contribution in [0.4, 0.5) is 34.1 Å². The first-order valence-corrected chi connectivity index (χ1v) is 25.6. The van der Waals surface area contributed by atoms with Crippen molar-refractivity contribution in [3.63, 3.8) is 0 Å². The lowest BCUT2D eigenvalue weighted by Gasteiger charge is -2.35. The average molecular weight is 959 g/mol. The molecule has 1 aliphatic heterocycles. The molecule has 2 heterocycles. The fourth-order valence-electron chi connectivity index (χ4n) is 12.3. The molecule has 4 heteroatoms. The summed E-state index contributed by atoms with van der Waals surface area (Å²) in [5.74, 6) is 1.62. The van der Waals surface area contributed by atoms with E-state index in [2.05, 4.69) is 277 Å². The van der Waals surface area contributed by atoms with Crippen LogP contribution in [-0.2, 0) is 5.41 Å². The molecule has 0 saturated carbocycles. The quantitative estimate of drug-likeness (QED) is 0.144. The third kappa shape index (κ3) is 6.70. The molecule has 2 aliphatic rings. The zero-order valence-corrected chi connectivity index (χ0v) is 40.8. The van der Waals surface area contributed by atoms with Gasteiger partial charge in [-0.1, -0.05) is 194 Å². The number of furan rings is 1. The maximum absolute atomic E-state index is 7.22. The second kappa shape index (κ2) is 17.1. The number of hydrogen-bond acceptors (Lipinski definition) is 4. The van der Waals surface area contributed by atoms with Gasteiger partial charge in [-0.15, -0.1) is 0 Å². The van der Waals surface area contributed by atoms with Gasteiger partial charge >= 0.3 is 0 Å². The number of ether oxygens (including phenoxy) is 1. The Hall–Kier alpha value is -9.90. The Morgan fingerprint density at radius 3 is 1.56 bits per heavy atom. The van der Waals surface area contributed by atoms with Gasteiger partial charge < -0.3 is 19.0 Å². The number of fused-ring (bicyclic) bond motifs is 8. The largest absolute Gasteiger partial charge is 0.456 e. The van der Waals surface area contributed by atoms with Gasteiger partial charge in [-0.2, -0.15) is 0 Å². The van der Waals surface area contributed by atoms with Crippen LogP contribution < -0.4 is 14.5 Å². The highest BCUT2D eigenvalue weighted by atomic mass is 16.5. The number of rotatable bonds is 9. The second-order valence-corrected chi connectivity index (χ2v) is 19.6. The second-order valence-electron chi connectivity index (χ2n) is 19.6. The molecular weight excluding hydrogens is 913 g/mol. The van der Waals surface area contributed by atoms with Crippen LogP contribution in [0.3, 0.4) is 0 Å². The molecule has 0 radical (unpaired) electrons. The van der Waals surface area contributed by atoms with Gasteiger partial charge in [0.1, 0.15) is 22.7 Å². The molecule has 0 atom stereocenters. The molecule has 1 aromatic heterocycles. The summed E-state index contributed by atoms with van der Waals surface area (Å²) < 4.78 is 13.8. The minimum atomic E-state index is -0.576. The molecule has 0 N–H and O–H groups in total. The summed E-state index contributed by atoms with van der Waals surface area (Å²) in [5.41, 5.74) is 19.2. The molecule has 352 valence electrons. The lowest BCUT2D eigenvalue weighted by molar-refractivity contribution is 0.487. The molecule has 0 bridgehead atoms. The van der Waals surface area contributed by atoms with E-state index < -0.39 is 5.41 Å². The van der Waals surface area contributed by atoms with Crippen LogP contribution in [0.2, 0.25) is 0 Å². The van der Waals surface area contributed by atoms with Gasteiger partial charge in [-0.05, 0) is 123 Å². The third-order valence-corrected chi connectivity index (χ3v) is 15.5. The van der Waals surface area contributed by atoms with E-state index in [0.717, 1.165) is 101 Å². The van der Waals surface area contributed by atoms with Crippen molar-refractivity contribution < 1.29 is 9.15 Å². The Bertz CT molecular complexity index is 4240. The zero-order chi connectivity index (χ0) is 49.5. The number of benzene rings is 12. The van der Waals surface area contributed by atoms with E-state index in [9.17, 15) is 0 Å². The molecular formula is C71H46N2O2. The van der Waals surface area contributed by atoms with Gasteiger partial charge in [-0.3, -0.25) is 0 Å². The van der Waals surface area contributed by atoms with Crippen LogP contribution in [0.15, 0.2) is 283 Å². The molecule has 0 unspecified atom stereocenters. The summed E-state index contributed by atoms with van der Waals surface area (Å²) in [7, 11) is 0. The normalized spacial score (nSPS) is 12.7. The molecule has 1 aliphatic carbocycles. The van der Waals surface area contributed by atoms with Crippen molar-refractivity contribution in [3.8, 4) is 44.9 Å². The van der Waals surface area contributed by atoms with E-state index in [-0.39, 0.29) is 0 Å². The van der Waals surface area contributed by atoms with Gasteiger partial charge in [0, 0.05) is 67.9 Å². The Morgan fingerprint density at radius 1 is 0.307 bits per heavy atom. The first kappa shape index (κ1) is 42.8. The fraction of sp³-hybridized carbons (Fsp3) is 0.0141. The molecule has 15 rings (SSSR count). The standard InChI is InChI=1S/C71H46N2O2/c1-5-20-49(21-6-1)71(50-22-7-2-8-23-50)64-33-15-13-28-58(64)59-41-39-54(44-65(59)71)73(53-37-35-47(36-38-53)57-30-18-32-63-60-29-14-16-34-66(60)75-70(57)63)56-43-48-19-17-31-62-61-42-40-55(45-67(61)74-68(46-56)69(48)62)72(51-24-9-3-10-25-51)52-26-11-4-12-27-52/h1-46H. The fourth-order valence-corrected chi connectivity index (χ4v) is 12.3. The summed E-state index contributed by atoms with van der Waals surface area (Å²) in [6.45, 7) is 0. The van der Waals surface area contributed by atoms with Crippen molar-refractivity contribution in [2.75, 3.05) is 9.80 Å². The lowest BCUT2D eigenvalue weighted by Crippen LogP contribution is -2.28. The molecule has 4 nitrogen and oxygen atoms in total. The number of anilines is 6. The van der Waals surface area contributed by atoms with Gasteiger partial charge in [0.2, 0.25) is 0 Å². The van der Waals surface area contributed by atoms with E-state index in [4.69, 9.17) is 9.15 Å². The van der Waals surface area contributed by atoms with E-state index in [1.54, 1.807) is 0 Å². The highest BCUT2D eigenvalue weighted by Crippen LogP contribution is 2.58. The molecule has 75 heavy (non-hydrogen) atoms. The number of hydrogen-bond donors (Lipinski definition) is 0. The molecule has 12 aromatic carbocycles.